The summed E-state index contributed by atoms with van der Waals surface area (Å²) >= 11 is 0. The van der Waals surface area contributed by atoms with E-state index in [1.807, 2.05) is 36.4 Å². The summed E-state index contributed by atoms with van der Waals surface area (Å²) in [5.41, 5.74) is 5.81. The highest BCUT2D eigenvalue weighted by atomic mass is 16.1. The number of hydrogen-bond acceptors (Lipinski definition) is 3. The Morgan fingerprint density at radius 1 is 0.862 bits per heavy atom. The Kier molecular flexibility index (Phi) is 6.79. The predicted octanol–water partition coefficient (Wildman–Crippen LogP) is 7.04. The second-order valence-corrected chi connectivity index (χ2v) is 9.12. The van der Waals surface area contributed by atoms with Crippen LogP contribution in [0.4, 0.5) is 0 Å². The lowest BCUT2D eigenvalue weighted by Crippen LogP contribution is -2.04. The van der Waals surface area contributed by atoms with Gasteiger partial charge < -0.3 is 0 Å². The van der Waals surface area contributed by atoms with E-state index in [2.05, 4.69) is 32.9 Å². The van der Waals surface area contributed by atoms with Crippen molar-refractivity contribution in [1.29, 1.82) is 0 Å². The number of aromatic nitrogens is 2. The minimum atomic E-state index is 0.0503. The topological polar surface area (TPSA) is 42.9 Å². The van der Waals surface area contributed by atoms with E-state index in [9.17, 15) is 4.79 Å². The molecule has 0 aliphatic heterocycles. The fraction of sp³-hybridized carbons (Fsp3) is 0.423. The van der Waals surface area contributed by atoms with E-state index >= 15 is 0 Å². The molecule has 1 heterocycles. The third-order valence-corrected chi connectivity index (χ3v) is 5.28. The molecule has 3 heteroatoms. The van der Waals surface area contributed by atoms with Gasteiger partial charge in [-0.15, -0.1) is 0 Å². The molecule has 0 atom stereocenters. The van der Waals surface area contributed by atoms with E-state index in [-0.39, 0.29) is 5.78 Å². The van der Waals surface area contributed by atoms with Crippen molar-refractivity contribution in [3.05, 3.63) is 59.8 Å². The molecule has 0 amide bonds. The second kappa shape index (κ2) is 9.30. The van der Waals surface area contributed by atoms with Crippen molar-refractivity contribution in [3.63, 3.8) is 0 Å². The van der Waals surface area contributed by atoms with Crippen LogP contribution in [0.2, 0.25) is 0 Å². The molecule has 2 aromatic carbocycles. The average Bonchev–Trinajstić information content (AvgIpc) is 2.69. The number of carbonyl (C=O) groups excluding carboxylic acids is 1. The predicted molar refractivity (Wildman–Crippen MR) is 121 cm³/mol. The molecule has 0 fully saturated rings. The van der Waals surface area contributed by atoms with Gasteiger partial charge in [0.05, 0.1) is 22.4 Å². The molecular formula is C26H32N2O. The standard InChI is InChI=1S/C26H32N2O/c1-19(29)21-15-16-22-24(18-21)28-25(20-12-8-7-9-13-20)23(27-22)14-10-5-6-11-17-26(2,3)4/h7-9,12-13,15-16,18H,5-6,10-11,14,17H2,1-4H3. The molecule has 0 radical (unpaired) electrons. The number of benzene rings is 2. The summed E-state index contributed by atoms with van der Waals surface area (Å²) in [5, 5.41) is 0. The molecule has 3 nitrogen and oxygen atoms in total. The first kappa shape index (κ1) is 21.2. The number of rotatable bonds is 8. The Morgan fingerprint density at radius 3 is 2.28 bits per heavy atom. The highest BCUT2D eigenvalue weighted by molar-refractivity contribution is 5.97. The number of hydrogen-bond donors (Lipinski definition) is 0. The van der Waals surface area contributed by atoms with Crippen LogP contribution in [-0.2, 0) is 6.42 Å². The molecule has 0 spiro atoms. The molecule has 1 aromatic heterocycles. The Labute approximate surface area is 174 Å². The summed E-state index contributed by atoms with van der Waals surface area (Å²) in [6.07, 6.45) is 7.09. The minimum absolute atomic E-state index is 0.0503. The minimum Gasteiger partial charge on any atom is -0.295 e. The normalized spacial score (nSPS) is 11.7. The molecule has 0 bridgehead atoms. The zero-order valence-electron chi connectivity index (χ0n) is 18.2. The smallest absolute Gasteiger partial charge is 0.159 e. The zero-order chi connectivity index (χ0) is 20.9. The fourth-order valence-electron chi connectivity index (χ4n) is 3.61. The fourth-order valence-corrected chi connectivity index (χ4v) is 3.61. The number of ketones is 1. The summed E-state index contributed by atoms with van der Waals surface area (Å²) < 4.78 is 0. The average molecular weight is 389 g/mol. The number of unbranched alkanes of at least 4 members (excludes halogenated alkanes) is 3. The van der Waals surface area contributed by atoms with Crippen LogP contribution in [-0.4, -0.2) is 15.8 Å². The van der Waals surface area contributed by atoms with Gasteiger partial charge in [0.25, 0.3) is 0 Å². The van der Waals surface area contributed by atoms with Gasteiger partial charge in [0.15, 0.2) is 5.78 Å². The van der Waals surface area contributed by atoms with Gasteiger partial charge in [-0.05, 0) is 49.8 Å². The van der Waals surface area contributed by atoms with E-state index in [4.69, 9.17) is 9.97 Å². The van der Waals surface area contributed by atoms with Gasteiger partial charge in [-0.25, -0.2) is 9.97 Å². The van der Waals surface area contributed by atoms with Crippen molar-refractivity contribution >= 4 is 16.8 Å². The maximum atomic E-state index is 11.8. The molecule has 0 N–H and O–H groups in total. The first-order chi connectivity index (χ1) is 13.8. The molecule has 3 aromatic rings. The van der Waals surface area contributed by atoms with E-state index in [0.29, 0.717) is 11.0 Å². The van der Waals surface area contributed by atoms with Crippen LogP contribution in [0.1, 0.15) is 75.9 Å². The molecule has 0 saturated carbocycles. The van der Waals surface area contributed by atoms with Crippen molar-refractivity contribution < 1.29 is 4.79 Å². The summed E-state index contributed by atoms with van der Waals surface area (Å²) in [4.78, 5) is 21.6. The Morgan fingerprint density at radius 2 is 1.59 bits per heavy atom. The molecule has 0 aliphatic carbocycles. The van der Waals surface area contributed by atoms with E-state index < -0.39 is 0 Å². The van der Waals surface area contributed by atoms with Gasteiger partial charge in [-0.2, -0.15) is 0 Å². The van der Waals surface area contributed by atoms with Crippen molar-refractivity contribution in [2.24, 2.45) is 5.41 Å². The lowest BCUT2D eigenvalue weighted by Gasteiger charge is -2.17. The van der Waals surface area contributed by atoms with Crippen molar-refractivity contribution in [1.82, 2.24) is 9.97 Å². The second-order valence-electron chi connectivity index (χ2n) is 9.12. The van der Waals surface area contributed by atoms with Crippen molar-refractivity contribution in [2.75, 3.05) is 0 Å². The Balaban J connectivity index is 1.81. The number of fused-ring (bicyclic) bond motifs is 1. The highest BCUT2D eigenvalue weighted by Crippen LogP contribution is 2.26. The van der Waals surface area contributed by atoms with E-state index in [1.165, 1.54) is 25.7 Å². The first-order valence-electron chi connectivity index (χ1n) is 10.7. The summed E-state index contributed by atoms with van der Waals surface area (Å²) in [7, 11) is 0. The highest BCUT2D eigenvalue weighted by Gasteiger charge is 2.13. The van der Waals surface area contributed by atoms with Crippen LogP contribution in [0, 0.1) is 5.41 Å². The Bertz CT molecular complexity index is 971. The SMILES string of the molecule is CC(=O)c1ccc2nc(CCCCCCC(C)(C)C)c(-c3ccccc3)nc2c1. The molecule has 0 saturated heterocycles. The maximum Gasteiger partial charge on any atom is 0.159 e. The van der Waals surface area contributed by atoms with Gasteiger partial charge >= 0.3 is 0 Å². The number of carbonyl (C=O) groups is 1. The lowest BCUT2D eigenvalue weighted by atomic mass is 9.89. The van der Waals surface area contributed by atoms with Crippen LogP contribution < -0.4 is 0 Å². The van der Waals surface area contributed by atoms with E-state index in [0.717, 1.165) is 40.8 Å². The van der Waals surface area contributed by atoms with Gasteiger partial charge in [-0.3, -0.25) is 4.79 Å². The summed E-state index contributed by atoms with van der Waals surface area (Å²) in [6, 6.07) is 15.9. The van der Waals surface area contributed by atoms with Crippen LogP contribution in [0.25, 0.3) is 22.3 Å². The van der Waals surface area contributed by atoms with E-state index in [1.54, 1.807) is 6.92 Å². The molecule has 0 aliphatic rings. The van der Waals surface area contributed by atoms with Crippen molar-refractivity contribution in [2.45, 2.75) is 66.2 Å². The van der Waals surface area contributed by atoms with Crippen molar-refractivity contribution in [3.8, 4) is 11.3 Å². The molecule has 29 heavy (non-hydrogen) atoms. The quantitative estimate of drug-likeness (QED) is 0.307. The third-order valence-electron chi connectivity index (χ3n) is 5.28. The van der Waals surface area contributed by atoms with Crippen LogP contribution in [0.5, 0.6) is 0 Å². The summed E-state index contributed by atoms with van der Waals surface area (Å²) in [5.74, 6) is 0.0503. The zero-order valence-corrected chi connectivity index (χ0v) is 18.2. The maximum absolute atomic E-state index is 11.8. The first-order valence-corrected chi connectivity index (χ1v) is 10.7. The monoisotopic (exact) mass is 388 g/mol. The molecular weight excluding hydrogens is 356 g/mol. The molecule has 3 rings (SSSR count). The Hall–Kier alpha value is -2.55. The largest absolute Gasteiger partial charge is 0.295 e. The van der Waals surface area contributed by atoms with Crippen LogP contribution in [0.15, 0.2) is 48.5 Å². The van der Waals surface area contributed by atoms with Crippen LogP contribution in [0.3, 0.4) is 0 Å². The number of Topliss-reactive ketones (excluding diaryl/α,β-unsaturated/α-hetero) is 1. The van der Waals surface area contributed by atoms with Gasteiger partial charge in [0.2, 0.25) is 0 Å². The van der Waals surface area contributed by atoms with Gasteiger partial charge in [-0.1, -0.05) is 70.4 Å². The van der Waals surface area contributed by atoms with Gasteiger partial charge in [0.1, 0.15) is 0 Å². The number of aryl methyl sites for hydroxylation is 1. The summed E-state index contributed by atoms with van der Waals surface area (Å²) in [6.45, 7) is 8.50. The van der Waals surface area contributed by atoms with Crippen LogP contribution >= 0.6 is 0 Å². The molecule has 152 valence electrons. The molecule has 0 unspecified atom stereocenters. The van der Waals surface area contributed by atoms with Gasteiger partial charge in [0, 0.05) is 11.1 Å². The number of nitrogens with zero attached hydrogens (tertiary/aromatic N) is 2. The lowest BCUT2D eigenvalue weighted by molar-refractivity contribution is 0.101. The third kappa shape index (κ3) is 5.96.